The number of carbonyl (C=O) groups excluding carboxylic acids is 1. The van der Waals surface area contributed by atoms with E-state index in [1.54, 1.807) is 4.52 Å². The van der Waals surface area contributed by atoms with Crippen LogP contribution in [0.5, 0.6) is 0 Å². The van der Waals surface area contributed by atoms with Gasteiger partial charge in [0.05, 0.1) is 6.54 Å². The van der Waals surface area contributed by atoms with Crippen molar-refractivity contribution in [3.63, 3.8) is 0 Å². The highest BCUT2D eigenvalue weighted by Gasteiger charge is 2.23. The molecule has 1 unspecified atom stereocenters. The van der Waals surface area contributed by atoms with Crippen molar-refractivity contribution >= 4 is 40.5 Å². The molecule has 1 aromatic carbocycles. The van der Waals surface area contributed by atoms with E-state index in [-0.39, 0.29) is 12.5 Å². The number of anilines is 3. The van der Waals surface area contributed by atoms with Crippen molar-refractivity contribution in [3.05, 3.63) is 54.4 Å². The fourth-order valence-electron chi connectivity index (χ4n) is 3.70. The molecular weight excluding hydrogens is 443 g/mol. The highest BCUT2D eigenvalue weighted by Crippen LogP contribution is 2.29. The van der Waals surface area contributed by atoms with Crippen molar-refractivity contribution in [1.29, 1.82) is 0 Å². The summed E-state index contributed by atoms with van der Waals surface area (Å²) in [5.74, 6) is 1.20. The van der Waals surface area contributed by atoms with Crippen molar-refractivity contribution in [3.8, 4) is 0 Å². The maximum atomic E-state index is 13.3. The molecule has 0 saturated carbocycles. The Balaban J connectivity index is 1.26. The van der Waals surface area contributed by atoms with Crippen LogP contribution in [0, 0.1) is 6.92 Å². The second kappa shape index (κ2) is 9.20. The van der Waals surface area contributed by atoms with E-state index in [9.17, 15) is 9.18 Å². The van der Waals surface area contributed by atoms with Crippen LogP contribution in [0.25, 0.3) is 5.52 Å². The van der Waals surface area contributed by atoms with Gasteiger partial charge in [-0.25, -0.2) is 13.9 Å². The summed E-state index contributed by atoms with van der Waals surface area (Å²) in [5, 5.41) is 18.4. The number of alkyl halides is 1. The first-order chi connectivity index (χ1) is 16.0. The summed E-state index contributed by atoms with van der Waals surface area (Å²) in [5.41, 5.74) is 2.49. The molecule has 0 aliphatic carbocycles. The van der Waals surface area contributed by atoms with Crippen LogP contribution in [0.3, 0.4) is 0 Å². The normalized spacial score (nSPS) is 16.4. The molecule has 3 aromatic heterocycles. The van der Waals surface area contributed by atoms with Crippen LogP contribution < -0.4 is 10.6 Å². The molecule has 0 bridgehead atoms. The van der Waals surface area contributed by atoms with Gasteiger partial charge in [0, 0.05) is 41.6 Å². The quantitative estimate of drug-likeness (QED) is 0.382. The summed E-state index contributed by atoms with van der Waals surface area (Å²) < 4.78 is 15.1. The minimum absolute atomic E-state index is 0.143. The number of halogens is 1. The van der Waals surface area contributed by atoms with E-state index < -0.39 is 6.17 Å². The zero-order chi connectivity index (χ0) is 22.8. The van der Waals surface area contributed by atoms with E-state index >= 15 is 0 Å². The first kappa shape index (κ1) is 21.4. The number of nitrogens with zero attached hydrogens (tertiary/aromatic N) is 5. The van der Waals surface area contributed by atoms with Crippen molar-refractivity contribution in [1.82, 2.24) is 29.7 Å². The molecule has 0 spiro atoms. The highest BCUT2D eigenvalue weighted by molar-refractivity contribution is 7.99. The van der Waals surface area contributed by atoms with Crippen LogP contribution in [0.15, 0.2) is 58.7 Å². The highest BCUT2D eigenvalue weighted by atomic mass is 32.2. The number of aromatic nitrogens is 5. The lowest BCUT2D eigenvalue weighted by atomic mass is 10.3. The van der Waals surface area contributed by atoms with Crippen LogP contribution in [0.1, 0.15) is 12.1 Å². The number of carbonyl (C=O) groups is 1. The Labute approximate surface area is 193 Å². The third kappa shape index (κ3) is 5.15. The fraction of sp³-hybridized carbons (Fsp3) is 0.273. The van der Waals surface area contributed by atoms with Gasteiger partial charge in [0.25, 0.3) is 0 Å². The van der Waals surface area contributed by atoms with E-state index in [2.05, 4.69) is 30.9 Å². The summed E-state index contributed by atoms with van der Waals surface area (Å²) in [6.07, 6.45) is 1.53. The van der Waals surface area contributed by atoms with E-state index in [0.29, 0.717) is 42.0 Å². The standard InChI is InChI=1S/C22H23FN8OS/c1-14-11-19(28-27-14)25-21-18-3-2-9-31(18)29-22(26-21)33-17-6-4-16(5-7-17)24-20(32)13-30-10-8-15(23)12-30/h2-7,9,11,15H,8,10,12-13H2,1H3,(H,24,32)(H2,25,26,27,28,29). The second-order valence-corrected chi connectivity index (χ2v) is 8.98. The molecule has 1 aliphatic heterocycles. The molecule has 170 valence electrons. The van der Waals surface area contributed by atoms with Crippen molar-refractivity contribution in [2.45, 2.75) is 29.6 Å². The number of amides is 1. The summed E-state index contributed by atoms with van der Waals surface area (Å²) in [6.45, 7) is 3.08. The number of likely N-dealkylation sites (tertiary alicyclic amines) is 1. The van der Waals surface area contributed by atoms with Crippen LogP contribution in [0.4, 0.5) is 21.7 Å². The molecule has 5 rings (SSSR count). The van der Waals surface area contributed by atoms with E-state index in [4.69, 9.17) is 0 Å². The number of hydrogen-bond acceptors (Lipinski definition) is 7. The molecule has 33 heavy (non-hydrogen) atoms. The minimum atomic E-state index is -0.832. The molecule has 1 aliphatic rings. The topological polar surface area (TPSA) is 103 Å². The first-order valence-corrected chi connectivity index (χ1v) is 11.4. The summed E-state index contributed by atoms with van der Waals surface area (Å²) in [4.78, 5) is 19.6. The van der Waals surface area contributed by atoms with Crippen LogP contribution in [-0.4, -0.2) is 61.4 Å². The molecule has 3 N–H and O–H groups in total. The monoisotopic (exact) mass is 466 g/mol. The van der Waals surface area contributed by atoms with Crippen molar-refractivity contribution < 1.29 is 9.18 Å². The molecular formula is C22H23FN8OS. The number of rotatable bonds is 7. The largest absolute Gasteiger partial charge is 0.325 e. The molecule has 11 heteroatoms. The van der Waals surface area contributed by atoms with Crippen LogP contribution in [0.2, 0.25) is 0 Å². The van der Waals surface area contributed by atoms with Gasteiger partial charge in [0.2, 0.25) is 11.1 Å². The molecule has 1 atom stereocenters. The number of fused-ring (bicyclic) bond motifs is 1. The molecule has 4 heterocycles. The Kier molecular flexibility index (Phi) is 5.97. The Hall–Kier alpha value is -3.44. The lowest BCUT2D eigenvalue weighted by Gasteiger charge is -2.14. The lowest BCUT2D eigenvalue weighted by molar-refractivity contribution is -0.117. The Morgan fingerprint density at radius 2 is 2.15 bits per heavy atom. The molecule has 1 saturated heterocycles. The number of H-pyrrole nitrogens is 1. The number of benzene rings is 1. The molecule has 1 fully saturated rings. The van der Waals surface area contributed by atoms with Gasteiger partial charge >= 0.3 is 0 Å². The average Bonchev–Trinajstić information content (AvgIpc) is 3.51. The smallest absolute Gasteiger partial charge is 0.238 e. The van der Waals surface area contributed by atoms with Crippen LogP contribution in [-0.2, 0) is 4.79 Å². The summed E-state index contributed by atoms with van der Waals surface area (Å²) >= 11 is 1.42. The second-order valence-electron chi connectivity index (χ2n) is 7.94. The molecule has 1 amide bonds. The van der Waals surface area contributed by atoms with E-state index in [1.807, 2.05) is 60.5 Å². The maximum absolute atomic E-state index is 13.3. The van der Waals surface area contributed by atoms with Gasteiger partial charge in [-0.2, -0.15) is 5.10 Å². The summed E-state index contributed by atoms with van der Waals surface area (Å²) in [6, 6.07) is 13.2. The first-order valence-electron chi connectivity index (χ1n) is 10.6. The zero-order valence-electron chi connectivity index (χ0n) is 18.0. The number of nitrogens with one attached hydrogen (secondary N) is 3. The zero-order valence-corrected chi connectivity index (χ0v) is 18.8. The summed E-state index contributed by atoms with van der Waals surface area (Å²) in [7, 11) is 0. The third-order valence-electron chi connectivity index (χ3n) is 5.25. The molecule has 4 aromatic rings. The fourth-order valence-corrected chi connectivity index (χ4v) is 4.45. The number of aryl methyl sites for hydroxylation is 1. The van der Waals surface area contributed by atoms with Gasteiger partial charge < -0.3 is 10.6 Å². The predicted molar refractivity (Wildman–Crippen MR) is 125 cm³/mol. The molecule has 9 nitrogen and oxygen atoms in total. The third-order valence-corrected chi connectivity index (χ3v) is 6.12. The Morgan fingerprint density at radius 3 is 2.88 bits per heavy atom. The number of aromatic amines is 1. The van der Waals surface area contributed by atoms with Gasteiger partial charge in [-0.05, 0) is 61.5 Å². The van der Waals surface area contributed by atoms with Crippen molar-refractivity contribution in [2.75, 3.05) is 30.3 Å². The SMILES string of the molecule is Cc1cc(Nc2nc(Sc3ccc(NC(=O)CN4CCC(F)C4)cc3)nn3cccc23)n[nH]1. The Bertz CT molecular complexity index is 1270. The van der Waals surface area contributed by atoms with Gasteiger partial charge in [0.15, 0.2) is 11.6 Å². The average molecular weight is 467 g/mol. The minimum Gasteiger partial charge on any atom is -0.325 e. The van der Waals surface area contributed by atoms with Gasteiger partial charge in [-0.3, -0.25) is 14.8 Å². The number of hydrogen-bond donors (Lipinski definition) is 3. The van der Waals surface area contributed by atoms with Gasteiger partial charge in [-0.1, -0.05) is 0 Å². The van der Waals surface area contributed by atoms with E-state index in [0.717, 1.165) is 16.1 Å². The van der Waals surface area contributed by atoms with Gasteiger partial charge in [0.1, 0.15) is 11.7 Å². The molecule has 0 radical (unpaired) electrons. The van der Waals surface area contributed by atoms with Gasteiger partial charge in [-0.15, -0.1) is 5.10 Å². The Morgan fingerprint density at radius 1 is 1.30 bits per heavy atom. The lowest BCUT2D eigenvalue weighted by Crippen LogP contribution is -2.31. The van der Waals surface area contributed by atoms with Crippen LogP contribution >= 0.6 is 11.8 Å². The predicted octanol–water partition coefficient (Wildman–Crippen LogP) is 3.64. The maximum Gasteiger partial charge on any atom is 0.238 e. The van der Waals surface area contributed by atoms with E-state index in [1.165, 1.54) is 11.8 Å². The van der Waals surface area contributed by atoms with Crippen molar-refractivity contribution in [2.24, 2.45) is 0 Å².